The average Bonchev–Trinajstić information content (AvgIpc) is 2.06. The van der Waals surface area contributed by atoms with Crippen LogP contribution in [0.1, 0.15) is 12.8 Å². The van der Waals surface area contributed by atoms with E-state index in [0.29, 0.717) is 19.6 Å². The molecule has 0 aromatic rings. The van der Waals surface area contributed by atoms with Crippen LogP contribution in [0.25, 0.3) is 0 Å². The molecule has 0 aliphatic carbocycles. The van der Waals surface area contributed by atoms with Gasteiger partial charge in [0.25, 0.3) is 0 Å². The van der Waals surface area contributed by atoms with Crippen LogP contribution in [0.2, 0.25) is 0 Å². The largest absolute Gasteiger partial charge is 0.418 e. The van der Waals surface area contributed by atoms with Crippen molar-refractivity contribution in [3.8, 4) is 0 Å². The van der Waals surface area contributed by atoms with Crippen molar-refractivity contribution in [2.24, 2.45) is 0 Å². The van der Waals surface area contributed by atoms with E-state index in [2.05, 4.69) is 0 Å². The number of aliphatic hydroxyl groups excluding tert-OH is 2. The molecule has 0 amide bonds. The lowest BCUT2D eigenvalue weighted by Crippen LogP contribution is -2.41. The molecule has 1 heterocycles. The van der Waals surface area contributed by atoms with Gasteiger partial charge in [-0.15, -0.1) is 0 Å². The van der Waals surface area contributed by atoms with Gasteiger partial charge in [0.15, 0.2) is 7.17 Å². The Morgan fingerprint density at radius 3 is 2.67 bits per heavy atom. The molecule has 0 bridgehead atoms. The maximum Gasteiger partial charge on any atom is 0.401 e. The van der Waals surface area contributed by atoms with E-state index in [0.717, 1.165) is 6.42 Å². The first-order chi connectivity index (χ1) is 5.83. The molecule has 1 saturated heterocycles. The second-order valence-electron chi connectivity index (χ2n) is 2.74. The lowest BCUT2D eigenvalue weighted by Gasteiger charge is -2.21. The number of aliphatic hydroxyl groups is 2. The van der Waals surface area contributed by atoms with Crippen LogP contribution >= 0.6 is 0 Å². The van der Waals surface area contributed by atoms with E-state index >= 15 is 0 Å². The molecular formula is C6H13B2O4. The smallest absolute Gasteiger partial charge is 0.401 e. The van der Waals surface area contributed by atoms with E-state index in [9.17, 15) is 5.11 Å². The van der Waals surface area contributed by atoms with Gasteiger partial charge in [-0.05, 0) is 12.8 Å². The van der Waals surface area contributed by atoms with Crippen LogP contribution in [-0.2, 0) is 9.31 Å². The van der Waals surface area contributed by atoms with Crippen molar-refractivity contribution in [3.05, 3.63) is 0 Å². The zero-order chi connectivity index (χ0) is 8.81. The summed E-state index contributed by atoms with van der Waals surface area (Å²) in [7, 11) is 1.16. The van der Waals surface area contributed by atoms with Crippen molar-refractivity contribution in [2.45, 2.75) is 18.8 Å². The fraction of sp³-hybridized carbons (Fsp3) is 1.00. The van der Waals surface area contributed by atoms with Crippen LogP contribution in [0.4, 0.5) is 0 Å². The highest BCUT2D eigenvalue weighted by molar-refractivity contribution is 7.06. The molecule has 6 heteroatoms. The molecule has 0 aromatic heterocycles. The highest BCUT2D eigenvalue weighted by Crippen LogP contribution is 2.01. The van der Waals surface area contributed by atoms with Crippen molar-refractivity contribution in [2.75, 3.05) is 19.8 Å². The normalized spacial score (nSPS) is 20.7. The van der Waals surface area contributed by atoms with Gasteiger partial charge in [-0.25, -0.2) is 0 Å². The van der Waals surface area contributed by atoms with Crippen molar-refractivity contribution in [1.82, 2.24) is 0 Å². The van der Waals surface area contributed by atoms with Crippen LogP contribution < -0.4 is 0 Å². The molecule has 67 valence electrons. The monoisotopic (exact) mass is 171 g/mol. The van der Waals surface area contributed by atoms with Gasteiger partial charge in [0, 0.05) is 25.8 Å². The molecule has 1 fully saturated rings. The quantitative estimate of drug-likeness (QED) is 0.522. The first kappa shape index (κ1) is 10.1. The Morgan fingerprint density at radius 2 is 2.08 bits per heavy atom. The number of rotatable bonds is 4. The van der Waals surface area contributed by atoms with E-state index in [1.54, 1.807) is 7.17 Å². The van der Waals surface area contributed by atoms with E-state index in [1.807, 2.05) is 0 Å². The van der Waals surface area contributed by atoms with Crippen LogP contribution in [0, 0.1) is 0 Å². The van der Waals surface area contributed by atoms with E-state index in [-0.39, 0.29) is 6.61 Å². The maximum atomic E-state index is 9.23. The average molecular weight is 171 g/mol. The van der Waals surface area contributed by atoms with Crippen LogP contribution in [0.15, 0.2) is 0 Å². The zero-order valence-corrected chi connectivity index (χ0v) is 6.98. The Labute approximate surface area is 73.2 Å². The Kier molecular flexibility index (Phi) is 4.68. The van der Waals surface area contributed by atoms with Crippen LogP contribution in [-0.4, -0.2) is 50.2 Å². The van der Waals surface area contributed by atoms with Crippen LogP contribution in [0.3, 0.4) is 0 Å². The third-order valence-electron chi connectivity index (χ3n) is 1.66. The standard InChI is InChI=1S/C6H13B2O4/c9-3-2-6(10)7-8-11-4-1-5-12-8/h6,9-10H,1-5H2. The van der Waals surface area contributed by atoms with Gasteiger partial charge in [0.1, 0.15) is 0 Å². The minimum Gasteiger partial charge on any atom is -0.418 e. The summed E-state index contributed by atoms with van der Waals surface area (Å²) < 4.78 is 10.4. The number of hydrogen-bond acceptors (Lipinski definition) is 4. The van der Waals surface area contributed by atoms with Gasteiger partial charge < -0.3 is 19.5 Å². The summed E-state index contributed by atoms with van der Waals surface area (Å²) in [5.74, 6) is 0. The molecule has 4 nitrogen and oxygen atoms in total. The lowest BCUT2D eigenvalue weighted by molar-refractivity contribution is 0.143. The van der Waals surface area contributed by atoms with Crippen molar-refractivity contribution in [1.29, 1.82) is 0 Å². The van der Waals surface area contributed by atoms with Crippen molar-refractivity contribution < 1.29 is 19.5 Å². The van der Waals surface area contributed by atoms with Gasteiger partial charge in [-0.3, -0.25) is 0 Å². The first-order valence-corrected chi connectivity index (χ1v) is 4.20. The molecule has 0 saturated carbocycles. The predicted octanol–water partition coefficient (Wildman–Crippen LogP) is -1.19. The SMILES string of the molecule is OCCC(O)[B]B1OCCCO1. The molecule has 1 rings (SSSR count). The fourth-order valence-corrected chi connectivity index (χ4v) is 1.03. The van der Waals surface area contributed by atoms with E-state index in [4.69, 9.17) is 14.4 Å². The fourth-order valence-electron chi connectivity index (χ4n) is 1.03. The van der Waals surface area contributed by atoms with Gasteiger partial charge in [0.2, 0.25) is 0 Å². The predicted molar refractivity (Wildman–Crippen MR) is 45.7 cm³/mol. The summed E-state index contributed by atoms with van der Waals surface area (Å²) in [6.45, 7) is 1.32. The second-order valence-corrected chi connectivity index (χ2v) is 2.74. The van der Waals surface area contributed by atoms with Crippen molar-refractivity contribution >= 4 is 14.2 Å². The Hall–Kier alpha value is -0.0301. The summed E-state index contributed by atoms with van der Waals surface area (Å²) in [5.41, 5.74) is 0. The van der Waals surface area contributed by atoms with Gasteiger partial charge in [-0.2, -0.15) is 0 Å². The summed E-state index contributed by atoms with van der Waals surface area (Å²) in [5, 5.41) is 17.7. The highest BCUT2D eigenvalue weighted by atomic mass is 16.6. The molecule has 2 N–H and O–H groups in total. The molecule has 1 unspecified atom stereocenters. The third kappa shape index (κ3) is 3.58. The Morgan fingerprint density at radius 1 is 1.42 bits per heavy atom. The summed E-state index contributed by atoms with van der Waals surface area (Å²) in [6, 6.07) is -0.641. The molecule has 12 heavy (non-hydrogen) atoms. The maximum absolute atomic E-state index is 9.23. The Bertz CT molecular complexity index is 118. The Balaban J connectivity index is 2.11. The lowest BCUT2D eigenvalue weighted by atomic mass is 9.40. The first-order valence-electron chi connectivity index (χ1n) is 4.20. The zero-order valence-electron chi connectivity index (χ0n) is 6.98. The summed E-state index contributed by atoms with van der Waals surface area (Å²) in [6.07, 6.45) is 1.24. The number of hydrogen-bond donors (Lipinski definition) is 2. The molecule has 1 aliphatic heterocycles. The van der Waals surface area contributed by atoms with Crippen LogP contribution in [0.5, 0.6) is 0 Å². The molecular weight excluding hydrogens is 158 g/mol. The molecule has 1 radical (unpaired) electrons. The summed E-state index contributed by atoms with van der Waals surface area (Å²) >= 11 is 0. The third-order valence-corrected chi connectivity index (χ3v) is 1.66. The second kappa shape index (κ2) is 5.59. The van der Waals surface area contributed by atoms with Gasteiger partial charge >= 0.3 is 7.01 Å². The minimum atomic E-state index is -0.641. The molecule has 1 atom stereocenters. The van der Waals surface area contributed by atoms with E-state index < -0.39 is 13.0 Å². The molecule has 1 aliphatic rings. The van der Waals surface area contributed by atoms with Gasteiger partial charge in [0.05, 0.1) is 0 Å². The topological polar surface area (TPSA) is 58.9 Å². The highest BCUT2D eigenvalue weighted by Gasteiger charge is 2.25. The van der Waals surface area contributed by atoms with Gasteiger partial charge in [-0.1, -0.05) is 0 Å². The molecule has 0 aromatic carbocycles. The minimum absolute atomic E-state index is 0.0234. The van der Waals surface area contributed by atoms with E-state index in [1.165, 1.54) is 0 Å². The summed E-state index contributed by atoms with van der Waals surface area (Å²) in [4.78, 5) is 0. The van der Waals surface area contributed by atoms with Crippen molar-refractivity contribution in [3.63, 3.8) is 0 Å². The molecule has 0 spiro atoms.